The normalized spacial score (nSPS) is 20.8. The maximum absolute atomic E-state index is 11.0. The fourth-order valence-electron chi connectivity index (χ4n) is 0.758. The monoisotopic (exact) mass is 212 g/mol. The van der Waals surface area contributed by atoms with Crippen LogP contribution in [0.2, 0.25) is 0 Å². The first kappa shape index (κ1) is 6.53. The molecule has 2 rings (SSSR count). The fraction of sp³-hybridized carbons (Fsp3) is 0. The van der Waals surface area contributed by atoms with Gasteiger partial charge in [0, 0.05) is 0 Å². The summed E-state index contributed by atoms with van der Waals surface area (Å²) in [5.74, 6) is -0.0243. The number of hydrogen-bond acceptors (Lipinski definition) is 4. The number of carbonyl (C=O) groups is 1. The summed E-state index contributed by atoms with van der Waals surface area (Å²) in [6.07, 6.45) is 1.17. The molecular weight excluding hydrogens is 212 g/mol. The zero-order valence-electron chi connectivity index (χ0n) is 5.15. The number of amides is 1. The molecule has 11 heavy (non-hydrogen) atoms. The standard InChI is InChI=1S/C5HBrN4O/c6-3-2-4(10-9-3)7-1-8-5(2)11/h1H. The quantitative estimate of drug-likeness (QED) is 0.554. The van der Waals surface area contributed by atoms with Crippen LogP contribution in [0.5, 0.6) is 0 Å². The summed E-state index contributed by atoms with van der Waals surface area (Å²) in [4.78, 5) is 18.2. The zero-order chi connectivity index (χ0) is 7.84. The van der Waals surface area contributed by atoms with Gasteiger partial charge in [-0.2, -0.15) is 4.99 Å². The van der Waals surface area contributed by atoms with Crippen LogP contribution in [0.1, 0.15) is 0 Å². The molecule has 0 saturated carbocycles. The number of azo groups is 1. The lowest BCUT2D eigenvalue weighted by Gasteiger charge is -1.98. The first-order valence-corrected chi connectivity index (χ1v) is 3.55. The van der Waals surface area contributed by atoms with Crippen LogP contribution in [-0.2, 0) is 4.79 Å². The molecule has 0 aromatic heterocycles. The van der Waals surface area contributed by atoms with Gasteiger partial charge >= 0.3 is 0 Å². The topological polar surface area (TPSA) is 66.5 Å². The van der Waals surface area contributed by atoms with E-state index in [0.29, 0.717) is 16.0 Å². The van der Waals surface area contributed by atoms with Crippen LogP contribution in [0.15, 0.2) is 30.4 Å². The van der Waals surface area contributed by atoms with Crippen molar-refractivity contribution in [1.29, 1.82) is 0 Å². The number of aliphatic imine (C=N–C) groups is 2. The molecule has 1 amide bonds. The van der Waals surface area contributed by atoms with Gasteiger partial charge in [0.05, 0.1) is 0 Å². The highest BCUT2D eigenvalue weighted by molar-refractivity contribution is 9.11. The molecule has 0 bridgehead atoms. The maximum atomic E-state index is 11.0. The van der Waals surface area contributed by atoms with E-state index in [9.17, 15) is 4.79 Å². The van der Waals surface area contributed by atoms with Gasteiger partial charge < -0.3 is 0 Å². The molecule has 0 saturated heterocycles. The summed E-state index contributed by atoms with van der Waals surface area (Å²) in [5.41, 5.74) is 0.340. The minimum Gasteiger partial charge on any atom is -0.266 e. The number of nitrogens with zero attached hydrogens (tertiary/aromatic N) is 4. The van der Waals surface area contributed by atoms with Gasteiger partial charge in [-0.15, -0.1) is 10.2 Å². The molecular formula is C5HBrN4O. The lowest BCUT2D eigenvalue weighted by Crippen LogP contribution is -2.11. The van der Waals surface area contributed by atoms with Crippen molar-refractivity contribution in [3.05, 3.63) is 10.2 Å². The van der Waals surface area contributed by atoms with E-state index >= 15 is 0 Å². The number of rotatable bonds is 0. The third-order valence-electron chi connectivity index (χ3n) is 1.23. The second-order valence-electron chi connectivity index (χ2n) is 1.87. The van der Waals surface area contributed by atoms with Gasteiger partial charge in [0.25, 0.3) is 5.91 Å². The molecule has 0 fully saturated rings. The predicted octanol–water partition coefficient (Wildman–Crippen LogP) is 1.03. The molecule has 0 aromatic carbocycles. The molecule has 6 heteroatoms. The average Bonchev–Trinajstić information content (AvgIpc) is 2.34. The van der Waals surface area contributed by atoms with Crippen molar-refractivity contribution in [2.24, 2.45) is 20.2 Å². The maximum Gasteiger partial charge on any atom is 0.285 e. The van der Waals surface area contributed by atoms with Crippen molar-refractivity contribution in [2.45, 2.75) is 0 Å². The summed E-state index contributed by atoms with van der Waals surface area (Å²) in [7, 11) is 0. The van der Waals surface area contributed by atoms with Crippen molar-refractivity contribution < 1.29 is 4.79 Å². The van der Waals surface area contributed by atoms with Crippen molar-refractivity contribution in [3.8, 4) is 0 Å². The van der Waals surface area contributed by atoms with E-state index in [2.05, 4.69) is 36.1 Å². The molecule has 2 aliphatic rings. The summed E-state index contributed by atoms with van der Waals surface area (Å²) >= 11 is 3.06. The van der Waals surface area contributed by atoms with E-state index in [0.717, 1.165) is 0 Å². The number of carbonyl (C=O) groups excluding carboxylic acids is 1. The van der Waals surface area contributed by atoms with E-state index < -0.39 is 0 Å². The molecule has 54 valence electrons. The van der Waals surface area contributed by atoms with E-state index in [1.165, 1.54) is 6.34 Å². The number of halogens is 1. The average molecular weight is 213 g/mol. The Morgan fingerprint density at radius 1 is 1.36 bits per heavy atom. The summed E-state index contributed by atoms with van der Waals surface area (Å²) < 4.78 is 0.401. The third-order valence-corrected chi connectivity index (χ3v) is 1.79. The van der Waals surface area contributed by atoms with Gasteiger partial charge in [-0.1, -0.05) is 0 Å². The largest absolute Gasteiger partial charge is 0.285 e. The zero-order valence-corrected chi connectivity index (χ0v) is 6.74. The summed E-state index contributed by atoms with van der Waals surface area (Å²) in [6, 6.07) is 0. The highest BCUT2D eigenvalue weighted by Gasteiger charge is 2.26. The van der Waals surface area contributed by atoms with Crippen molar-refractivity contribution in [1.82, 2.24) is 0 Å². The van der Waals surface area contributed by atoms with Crippen LogP contribution < -0.4 is 0 Å². The molecule has 0 aromatic rings. The van der Waals surface area contributed by atoms with Crippen molar-refractivity contribution in [2.75, 3.05) is 0 Å². The molecule has 0 N–H and O–H groups in total. The number of fused-ring (bicyclic) bond motifs is 1. The predicted molar refractivity (Wildman–Crippen MR) is 41.7 cm³/mol. The Morgan fingerprint density at radius 3 is 2.91 bits per heavy atom. The molecule has 0 unspecified atom stereocenters. The molecule has 0 aliphatic carbocycles. The Morgan fingerprint density at radius 2 is 2.18 bits per heavy atom. The van der Waals surface area contributed by atoms with Crippen molar-refractivity contribution in [3.63, 3.8) is 0 Å². The van der Waals surface area contributed by atoms with Gasteiger partial charge in [-0.3, -0.25) is 4.79 Å². The smallest absolute Gasteiger partial charge is 0.266 e. The highest BCUT2D eigenvalue weighted by atomic mass is 79.9. The number of amidine groups is 1. The first-order valence-electron chi connectivity index (χ1n) is 2.75. The molecule has 2 aliphatic heterocycles. The molecule has 0 radical (unpaired) electrons. The molecule has 0 atom stereocenters. The molecule has 0 spiro atoms. The lowest BCUT2D eigenvalue weighted by atomic mass is 10.2. The van der Waals surface area contributed by atoms with Gasteiger partial charge in [0.1, 0.15) is 16.5 Å². The van der Waals surface area contributed by atoms with E-state index in [1.54, 1.807) is 0 Å². The summed E-state index contributed by atoms with van der Waals surface area (Å²) in [5, 5.41) is 7.25. The van der Waals surface area contributed by atoms with Gasteiger partial charge in [-0.25, -0.2) is 4.99 Å². The Labute approximate surface area is 69.8 Å². The van der Waals surface area contributed by atoms with Crippen LogP contribution >= 0.6 is 15.9 Å². The lowest BCUT2D eigenvalue weighted by molar-refractivity contribution is -0.113. The third kappa shape index (κ3) is 0.864. The van der Waals surface area contributed by atoms with Gasteiger partial charge in [0.2, 0.25) is 0 Å². The van der Waals surface area contributed by atoms with E-state index in [-0.39, 0.29) is 5.91 Å². The minimum atomic E-state index is -0.355. The summed E-state index contributed by atoms with van der Waals surface area (Å²) in [6.45, 7) is 0. The van der Waals surface area contributed by atoms with Crippen LogP contribution in [0, 0.1) is 0 Å². The van der Waals surface area contributed by atoms with E-state index in [1.807, 2.05) is 0 Å². The molecule has 2 heterocycles. The SMILES string of the molecule is O=C1N=CN=C2N=NC(Br)=C12. The Kier molecular flexibility index (Phi) is 1.28. The fourth-order valence-corrected chi connectivity index (χ4v) is 1.18. The van der Waals surface area contributed by atoms with Crippen LogP contribution in [0.3, 0.4) is 0 Å². The second-order valence-corrected chi connectivity index (χ2v) is 2.62. The second kappa shape index (κ2) is 2.16. The Hall–Kier alpha value is -1.17. The number of hydrogen-bond donors (Lipinski definition) is 0. The minimum absolute atomic E-state index is 0.330. The van der Waals surface area contributed by atoms with Gasteiger partial charge in [0.15, 0.2) is 5.84 Å². The van der Waals surface area contributed by atoms with Crippen LogP contribution in [0.4, 0.5) is 0 Å². The van der Waals surface area contributed by atoms with Gasteiger partial charge in [-0.05, 0) is 15.9 Å². The van der Waals surface area contributed by atoms with Crippen molar-refractivity contribution >= 4 is 34.0 Å². The molecule has 5 nitrogen and oxygen atoms in total. The highest BCUT2D eigenvalue weighted by Crippen LogP contribution is 2.24. The Balaban J connectivity index is 2.61. The van der Waals surface area contributed by atoms with E-state index in [4.69, 9.17) is 0 Å². The first-order chi connectivity index (χ1) is 5.29. The van der Waals surface area contributed by atoms with Crippen LogP contribution in [-0.4, -0.2) is 18.1 Å². The van der Waals surface area contributed by atoms with Crippen LogP contribution in [0.25, 0.3) is 0 Å². The Bertz CT molecular complexity index is 351.